The molecule has 0 saturated heterocycles. The summed E-state index contributed by atoms with van der Waals surface area (Å²) in [6, 6.07) is 5.61. The van der Waals surface area contributed by atoms with Gasteiger partial charge in [0.25, 0.3) is 5.91 Å². The van der Waals surface area contributed by atoms with Crippen LogP contribution in [0.25, 0.3) is 16.6 Å². The first kappa shape index (κ1) is 23.4. The molecule has 182 valence electrons. The van der Waals surface area contributed by atoms with Gasteiger partial charge in [0.1, 0.15) is 17.2 Å². The number of benzene rings is 2. The molecule has 1 aliphatic rings. The first-order valence-corrected chi connectivity index (χ1v) is 11.7. The predicted octanol–water partition coefficient (Wildman–Crippen LogP) is 5.42. The molecule has 6 nitrogen and oxygen atoms in total. The van der Waals surface area contributed by atoms with Crippen LogP contribution in [0.4, 0.5) is 23.4 Å². The molecule has 0 fully saturated rings. The fraction of sp³-hybridized carbons (Fsp3) is 0.292. The van der Waals surface area contributed by atoms with Gasteiger partial charge in [-0.2, -0.15) is 13.2 Å². The molecule has 1 atom stereocenters. The van der Waals surface area contributed by atoms with E-state index in [0.29, 0.717) is 27.9 Å². The number of nitrogen functional groups attached to an aromatic ring is 1. The highest BCUT2D eigenvalue weighted by Crippen LogP contribution is 2.49. The molecule has 0 bridgehead atoms. The van der Waals surface area contributed by atoms with Crippen LogP contribution in [0.3, 0.4) is 0 Å². The van der Waals surface area contributed by atoms with E-state index >= 15 is 4.39 Å². The van der Waals surface area contributed by atoms with Gasteiger partial charge in [0.2, 0.25) is 0 Å². The highest BCUT2D eigenvalue weighted by molar-refractivity contribution is 8.00. The molecule has 0 aliphatic carbocycles. The van der Waals surface area contributed by atoms with Crippen LogP contribution in [0.2, 0.25) is 0 Å². The number of alkyl halides is 3. The Hall–Kier alpha value is -3.34. The number of hydrogen-bond donors (Lipinski definition) is 1. The van der Waals surface area contributed by atoms with Crippen molar-refractivity contribution in [3.63, 3.8) is 0 Å². The molecule has 4 aromatic rings. The lowest BCUT2D eigenvalue weighted by molar-refractivity contribution is -0.137. The number of halogens is 4. The Morgan fingerprint density at radius 1 is 1.23 bits per heavy atom. The summed E-state index contributed by atoms with van der Waals surface area (Å²) in [5.74, 6) is -0.725. The van der Waals surface area contributed by atoms with Crippen LogP contribution < -0.4 is 5.73 Å². The van der Waals surface area contributed by atoms with Crippen molar-refractivity contribution in [2.45, 2.75) is 30.8 Å². The van der Waals surface area contributed by atoms with Crippen molar-refractivity contribution >= 4 is 40.0 Å². The van der Waals surface area contributed by atoms with Crippen molar-refractivity contribution in [1.82, 2.24) is 19.3 Å². The molecule has 3 heterocycles. The number of imidazole rings is 1. The molecule has 0 spiro atoms. The van der Waals surface area contributed by atoms with E-state index in [4.69, 9.17) is 5.73 Å². The van der Waals surface area contributed by atoms with E-state index in [-0.39, 0.29) is 16.9 Å². The SMILES string of the molecule is CN(C(=O)c1cc2c(cc1F)nc(N)c1cncn12)[C@@H]1CSC(C)(C)c2cc(C(F)(F)F)ccc21. The van der Waals surface area contributed by atoms with Crippen LogP contribution in [0.5, 0.6) is 0 Å². The lowest BCUT2D eigenvalue weighted by atomic mass is 9.89. The normalized spacial score (nSPS) is 17.5. The fourth-order valence-corrected chi connectivity index (χ4v) is 5.82. The van der Waals surface area contributed by atoms with Gasteiger partial charge in [0.05, 0.1) is 40.7 Å². The van der Waals surface area contributed by atoms with Crippen LogP contribution >= 0.6 is 11.8 Å². The molecule has 2 aromatic heterocycles. The number of thioether (sulfide) groups is 1. The molecule has 35 heavy (non-hydrogen) atoms. The number of nitrogens with two attached hydrogens (primary N) is 1. The molecule has 1 aliphatic heterocycles. The van der Waals surface area contributed by atoms with E-state index < -0.39 is 34.3 Å². The Labute approximate surface area is 202 Å². The lowest BCUT2D eigenvalue weighted by Crippen LogP contribution is -2.38. The zero-order chi connectivity index (χ0) is 25.3. The standard InChI is InChI=1S/C24H21F4N5OS/c1-23(2)15-6-12(24(26,27)28)4-5-13(15)20(10-35-23)32(3)22(34)14-7-18-17(8-16(14)25)31-21(29)19-9-30-11-33(18)19/h4-9,11,20H,10H2,1-3H3,(H2,29,31)/t20-/m1/s1. The number of hydrogen-bond acceptors (Lipinski definition) is 5. The lowest BCUT2D eigenvalue weighted by Gasteiger charge is -2.40. The summed E-state index contributed by atoms with van der Waals surface area (Å²) in [6.07, 6.45) is -1.46. The first-order valence-electron chi connectivity index (χ1n) is 10.7. The maximum absolute atomic E-state index is 15.1. The van der Waals surface area contributed by atoms with Gasteiger partial charge in [0, 0.05) is 23.6 Å². The minimum Gasteiger partial charge on any atom is -0.382 e. The molecular formula is C24H21F4N5OS. The average molecular weight is 504 g/mol. The molecule has 0 radical (unpaired) electrons. The number of nitrogens with zero attached hydrogens (tertiary/aromatic N) is 4. The zero-order valence-electron chi connectivity index (χ0n) is 19.0. The van der Waals surface area contributed by atoms with Gasteiger partial charge < -0.3 is 10.6 Å². The highest BCUT2D eigenvalue weighted by atomic mass is 32.2. The summed E-state index contributed by atoms with van der Waals surface area (Å²) in [7, 11) is 1.53. The molecule has 2 aromatic carbocycles. The van der Waals surface area contributed by atoms with Gasteiger partial charge in [-0.05, 0) is 43.2 Å². The third-order valence-electron chi connectivity index (χ3n) is 6.47. The Morgan fingerprint density at radius 2 is 1.97 bits per heavy atom. The maximum atomic E-state index is 15.1. The molecule has 0 saturated carbocycles. The maximum Gasteiger partial charge on any atom is 0.416 e. The van der Waals surface area contributed by atoms with Gasteiger partial charge in [-0.15, -0.1) is 11.8 Å². The number of amides is 1. The number of aromatic nitrogens is 3. The van der Waals surface area contributed by atoms with Gasteiger partial charge in [-0.3, -0.25) is 9.20 Å². The van der Waals surface area contributed by atoms with Crippen molar-refractivity contribution in [3.05, 3.63) is 70.9 Å². The number of anilines is 1. The van der Waals surface area contributed by atoms with Crippen LogP contribution in [0, 0.1) is 5.82 Å². The smallest absolute Gasteiger partial charge is 0.382 e. The molecule has 5 rings (SSSR count). The number of carbonyl (C=O) groups is 1. The monoisotopic (exact) mass is 503 g/mol. The van der Waals surface area contributed by atoms with Crippen LogP contribution in [-0.2, 0) is 10.9 Å². The minimum atomic E-state index is -4.48. The summed E-state index contributed by atoms with van der Waals surface area (Å²) < 4.78 is 56.2. The van der Waals surface area contributed by atoms with E-state index in [2.05, 4.69) is 9.97 Å². The van der Waals surface area contributed by atoms with Crippen LogP contribution in [0.1, 0.15) is 46.9 Å². The fourth-order valence-electron chi connectivity index (χ4n) is 4.51. The zero-order valence-corrected chi connectivity index (χ0v) is 19.8. The van der Waals surface area contributed by atoms with Gasteiger partial charge in [0.15, 0.2) is 0 Å². The van der Waals surface area contributed by atoms with Gasteiger partial charge >= 0.3 is 6.18 Å². The molecule has 1 amide bonds. The van der Waals surface area contributed by atoms with E-state index in [9.17, 15) is 18.0 Å². The first-order chi connectivity index (χ1) is 16.4. The Balaban J connectivity index is 1.57. The predicted molar refractivity (Wildman–Crippen MR) is 127 cm³/mol. The Morgan fingerprint density at radius 3 is 2.69 bits per heavy atom. The highest BCUT2D eigenvalue weighted by Gasteiger charge is 2.39. The summed E-state index contributed by atoms with van der Waals surface area (Å²) in [6.45, 7) is 3.71. The largest absolute Gasteiger partial charge is 0.416 e. The number of rotatable bonds is 2. The van der Waals surface area contributed by atoms with E-state index in [1.165, 1.54) is 48.4 Å². The summed E-state index contributed by atoms with van der Waals surface area (Å²) in [5, 5.41) is 0. The number of carbonyl (C=O) groups excluding carboxylic acids is 1. The second-order valence-corrected chi connectivity index (χ2v) is 10.7. The van der Waals surface area contributed by atoms with Crippen molar-refractivity contribution in [1.29, 1.82) is 0 Å². The van der Waals surface area contributed by atoms with Crippen molar-refractivity contribution in [2.75, 3.05) is 18.5 Å². The topological polar surface area (TPSA) is 76.5 Å². The molecular weight excluding hydrogens is 482 g/mol. The second-order valence-electron chi connectivity index (χ2n) is 9.02. The summed E-state index contributed by atoms with van der Waals surface area (Å²) in [4.78, 5) is 23.1. The summed E-state index contributed by atoms with van der Waals surface area (Å²) in [5.41, 5.74) is 7.38. The van der Waals surface area contributed by atoms with E-state index in [0.717, 1.165) is 18.2 Å². The van der Waals surface area contributed by atoms with Crippen LogP contribution in [0.15, 0.2) is 42.9 Å². The second kappa shape index (κ2) is 7.84. The minimum absolute atomic E-state index is 0.176. The molecule has 0 unspecified atom stereocenters. The van der Waals surface area contributed by atoms with Gasteiger partial charge in [-0.25, -0.2) is 14.4 Å². The third kappa shape index (κ3) is 3.78. The van der Waals surface area contributed by atoms with Gasteiger partial charge in [-0.1, -0.05) is 6.07 Å². The Kier molecular flexibility index (Phi) is 5.24. The van der Waals surface area contributed by atoms with E-state index in [1.807, 2.05) is 13.8 Å². The van der Waals surface area contributed by atoms with Crippen LogP contribution in [-0.4, -0.2) is 38.0 Å². The quantitative estimate of drug-likeness (QED) is 0.370. The summed E-state index contributed by atoms with van der Waals surface area (Å²) >= 11 is 1.45. The third-order valence-corrected chi connectivity index (χ3v) is 7.90. The van der Waals surface area contributed by atoms with Crippen molar-refractivity contribution < 1.29 is 22.4 Å². The molecule has 11 heteroatoms. The molecule has 2 N–H and O–H groups in total. The average Bonchev–Trinajstić information content (AvgIpc) is 3.28. The Bertz CT molecular complexity index is 1500. The number of fused-ring (bicyclic) bond motifs is 4. The van der Waals surface area contributed by atoms with Crippen molar-refractivity contribution in [3.8, 4) is 0 Å². The van der Waals surface area contributed by atoms with Crippen molar-refractivity contribution in [2.24, 2.45) is 0 Å². The van der Waals surface area contributed by atoms with E-state index in [1.54, 1.807) is 4.40 Å².